The van der Waals surface area contributed by atoms with Crippen LogP contribution in [-0.4, -0.2) is 0 Å². The van der Waals surface area contributed by atoms with E-state index in [1.807, 2.05) is 0 Å². The molecule has 3 fully saturated rings. The second kappa shape index (κ2) is 1.11. The highest BCUT2D eigenvalue weighted by Gasteiger charge is 2.69. The SMILES string of the molecule is C1=C[C@H]2C3C4[C@H](CC[C@@H]42)[C@@H]13. The number of hydrogen-bond acceptors (Lipinski definition) is 0. The molecule has 10 heavy (non-hydrogen) atoms. The molecule has 0 aliphatic heterocycles. The van der Waals surface area contributed by atoms with Gasteiger partial charge in [-0.3, -0.25) is 0 Å². The molecule has 0 aromatic heterocycles. The molecule has 0 nitrogen and oxygen atoms in total. The van der Waals surface area contributed by atoms with Crippen LogP contribution in [0.4, 0.5) is 0 Å². The van der Waals surface area contributed by atoms with Crippen LogP contribution < -0.4 is 0 Å². The molecule has 0 aromatic carbocycles. The lowest BCUT2D eigenvalue weighted by Crippen LogP contribution is -2.56. The molecule has 0 N–H and O–H groups in total. The average Bonchev–Trinajstić information content (AvgIpc) is 2.10. The molecule has 0 heterocycles. The summed E-state index contributed by atoms with van der Waals surface area (Å²) in [4.78, 5) is 0. The second-order valence-corrected chi connectivity index (χ2v) is 4.60. The van der Waals surface area contributed by atoms with E-state index >= 15 is 0 Å². The Labute approximate surface area is 61.3 Å². The highest BCUT2D eigenvalue weighted by Crippen LogP contribution is 2.74. The molecule has 4 aliphatic carbocycles. The molecule has 0 radical (unpaired) electrons. The van der Waals surface area contributed by atoms with Crippen molar-refractivity contribution in [3.8, 4) is 0 Å². The summed E-state index contributed by atoms with van der Waals surface area (Å²) in [5.74, 6) is 6.82. The van der Waals surface area contributed by atoms with Gasteiger partial charge in [-0.05, 0) is 48.3 Å². The zero-order valence-corrected chi connectivity index (χ0v) is 6.03. The van der Waals surface area contributed by atoms with E-state index in [2.05, 4.69) is 12.2 Å². The first-order valence-electron chi connectivity index (χ1n) is 4.65. The van der Waals surface area contributed by atoms with E-state index in [-0.39, 0.29) is 0 Å². The Morgan fingerprint density at radius 1 is 0.800 bits per heavy atom. The molecule has 4 rings (SSSR count). The molecule has 0 saturated heterocycles. The quantitative estimate of drug-likeness (QED) is 0.443. The van der Waals surface area contributed by atoms with Crippen molar-refractivity contribution >= 4 is 0 Å². The van der Waals surface area contributed by atoms with Gasteiger partial charge in [0.1, 0.15) is 0 Å². The predicted octanol–water partition coefficient (Wildman–Crippen LogP) is 2.07. The Hall–Kier alpha value is -0.260. The van der Waals surface area contributed by atoms with Gasteiger partial charge in [0.05, 0.1) is 0 Å². The average molecular weight is 132 g/mol. The summed E-state index contributed by atoms with van der Waals surface area (Å²) in [6.45, 7) is 0. The third-order valence-electron chi connectivity index (χ3n) is 4.70. The summed E-state index contributed by atoms with van der Waals surface area (Å²) in [7, 11) is 0. The van der Waals surface area contributed by atoms with Gasteiger partial charge < -0.3 is 0 Å². The highest BCUT2D eigenvalue weighted by molar-refractivity contribution is 5.29. The molecule has 3 saturated carbocycles. The summed E-state index contributed by atoms with van der Waals surface area (Å²) < 4.78 is 0. The monoisotopic (exact) mass is 132 g/mol. The first-order chi connectivity index (χ1) is 4.97. The molecule has 0 spiro atoms. The summed E-state index contributed by atoms with van der Waals surface area (Å²) in [6.07, 6.45) is 8.18. The van der Waals surface area contributed by atoms with E-state index in [0.717, 1.165) is 29.6 Å². The van der Waals surface area contributed by atoms with Crippen LogP contribution in [0, 0.1) is 35.5 Å². The first-order valence-corrected chi connectivity index (χ1v) is 4.65. The van der Waals surface area contributed by atoms with Crippen LogP contribution in [0.25, 0.3) is 0 Å². The van der Waals surface area contributed by atoms with Crippen LogP contribution in [0.2, 0.25) is 0 Å². The number of fused-ring (bicyclic) bond motifs is 2. The molecule has 0 bridgehead atoms. The fourth-order valence-electron chi connectivity index (χ4n) is 4.40. The van der Waals surface area contributed by atoms with Crippen molar-refractivity contribution in [2.45, 2.75) is 12.8 Å². The lowest BCUT2D eigenvalue weighted by Gasteiger charge is -2.59. The van der Waals surface area contributed by atoms with E-state index in [0.29, 0.717) is 0 Å². The number of hydrogen-bond donors (Lipinski definition) is 0. The Morgan fingerprint density at radius 3 is 2.00 bits per heavy atom. The van der Waals surface area contributed by atoms with Crippen molar-refractivity contribution in [3.05, 3.63) is 12.2 Å². The van der Waals surface area contributed by atoms with Crippen LogP contribution in [0.15, 0.2) is 12.2 Å². The topological polar surface area (TPSA) is 0 Å². The zero-order valence-electron chi connectivity index (χ0n) is 6.03. The van der Waals surface area contributed by atoms with Crippen LogP contribution in [0.5, 0.6) is 0 Å². The van der Waals surface area contributed by atoms with Gasteiger partial charge >= 0.3 is 0 Å². The van der Waals surface area contributed by atoms with Gasteiger partial charge in [-0.15, -0.1) is 0 Å². The van der Waals surface area contributed by atoms with Gasteiger partial charge in [-0.1, -0.05) is 12.2 Å². The van der Waals surface area contributed by atoms with Crippen LogP contribution in [-0.2, 0) is 0 Å². The van der Waals surface area contributed by atoms with Crippen LogP contribution in [0.3, 0.4) is 0 Å². The van der Waals surface area contributed by atoms with Crippen LogP contribution in [0.1, 0.15) is 12.8 Å². The van der Waals surface area contributed by atoms with Gasteiger partial charge in [0.15, 0.2) is 0 Å². The lowest BCUT2D eigenvalue weighted by molar-refractivity contribution is -0.112. The minimum atomic E-state index is 1.06. The second-order valence-electron chi connectivity index (χ2n) is 4.60. The highest BCUT2D eigenvalue weighted by atomic mass is 14.7. The van der Waals surface area contributed by atoms with Gasteiger partial charge in [-0.2, -0.15) is 0 Å². The maximum Gasteiger partial charge on any atom is -0.0165 e. The minimum absolute atomic E-state index is 1.06. The third kappa shape index (κ3) is 0.247. The van der Waals surface area contributed by atoms with E-state index in [1.165, 1.54) is 5.92 Å². The van der Waals surface area contributed by atoms with Crippen molar-refractivity contribution in [1.82, 2.24) is 0 Å². The molecule has 0 heteroatoms. The molecule has 0 amide bonds. The van der Waals surface area contributed by atoms with E-state index in [1.54, 1.807) is 12.8 Å². The third-order valence-corrected chi connectivity index (χ3v) is 4.70. The number of rotatable bonds is 0. The minimum Gasteiger partial charge on any atom is -0.0845 e. The van der Waals surface area contributed by atoms with E-state index in [9.17, 15) is 0 Å². The summed E-state index contributed by atoms with van der Waals surface area (Å²) in [6, 6.07) is 0. The Kier molecular flexibility index (Phi) is 0.508. The van der Waals surface area contributed by atoms with E-state index < -0.39 is 0 Å². The van der Waals surface area contributed by atoms with Gasteiger partial charge in [0.25, 0.3) is 0 Å². The Bertz CT molecular complexity index is 206. The van der Waals surface area contributed by atoms with Crippen molar-refractivity contribution in [2.75, 3.05) is 0 Å². The van der Waals surface area contributed by atoms with Crippen LogP contribution >= 0.6 is 0 Å². The van der Waals surface area contributed by atoms with Crippen molar-refractivity contribution in [2.24, 2.45) is 35.5 Å². The molecule has 0 aromatic rings. The molecule has 0 unspecified atom stereocenters. The molecular weight excluding hydrogens is 120 g/mol. The molecular formula is C10H12. The lowest BCUT2D eigenvalue weighted by atomic mass is 9.44. The van der Waals surface area contributed by atoms with E-state index in [4.69, 9.17) is 0 Å². The van der Waals surface area contributed by atoms with Crippen molar-refractivity contribution in [1.29, 1.82) is 0 Å². The van der Waals surface area contributed by atoms with Gasteiger partial charge in [0.2, 0.25) is 0 Å². The maximum atomic E-state index is 2.52. The predicted molar refractivity (Wildman–Crippen MR) is 39.3 cm³/mol. The molecule has 52 valence electrons. The smallest absolute Gasteiger partial charge is 0.0165 e. The fraction of sp³-hybridized carbons (Fsp3) is 0.800. The summed E-state index contributed by atoms with van der Waals surface area (Å²) in [5.41, 5.74) is 0. The first kappa shape index (κ1) is 4.58. The van der Waals surface area contributed by atoms with Crippen molar-refractivity contribution < 1.29 is 0 Å². The Morgan fingerprint density at radius 2 is 1.40 bits per heavy atom. The summed E-state index contributed by atoms with van der Waals surface area (Å²) >= 11 is 0. The molecule has 4 atom stereocenters. The normalized spacial score (nSPS) is 72.8. The number of allylic oxidation sites excluding steroid dienone is 2. The summed E-state index contributed by atoms with van der Waals surface area (Å²) in [5, 5.41) is 0. The largest absolute Gasteiger partial charge is 0.0845 e. The van der Waals surface area contributed by atoms with Gasteiger partial charge in [-0.25, -0.2) is 0 Å². The van der Waals surface area contributed by atoms with Crippen molar-refractivity contribution in [3.63, 3.8) is 0 Å². The fourth-order valence-corrected chi connectivity index (χ4v) is 4.40. The molecule has 4 aliphatic rings. The Balaban J connectivity index is 1.93. The standard InChI is InChI=1S/C10H12/c1-2-6-8-4-3-7-5(1)9(6)10(7)8/h1-2,5-10H,3-4H2/t5-,6-,7-,8-,9?,10?/m1/s1. The maximum absolute atomic E-state index is 2.52. The van der Waals surface area contributed by atoms with Gasteiger partial charge in [0, 0.05) is 0 Å². The zero-order chi connectivity index (χ0) is 6.29.